The number of carbonyl (C=O) groups is 1. The summed E-state index contributed by atoms with van der Waals surface area (Å²) in [7, 11) is 0. The number of halogens is 1. The van der Waals surface area contributed by atoms with Gasteiger partial charge in [-0.3, -0.25) is 4.79 Å². The maximum Gasteiger partial charge on any atom is 0.307 e. The Labute approximate surface area is 160 Å². The maximum atomic E-state index is 12.2. The van der Waals surface area contributed by atoms with Gasteiger partial charge in [0.05, 0.1) is 6.21 Å². The molecule has 0 aliphatic carbocycles. The molecule has 27 heavy (non-hydrogen) atoms. The highest BCUT2D eigenvalue weighted by Crippen LogP contribution is 2.23. The molecule has 0 unspecified atom stereocenters. The fourth-order valence-corrected chi connectivity index (χ4v) is 3.06. The van der Waals surface area contributed by atoms with E-state index in [1.165, 1.54) is 0 Å². The van der Waals surface area contributed by atoms with E-state index >= 15 is 0 Å². The van der Waals surface area contributed by atoms with E-state index in [1.807, 2.05) is 49.5 Å². The van der Waals surface area contributed by atoms with Gasteiger partial charge < -0.3 is 8.98 Å². The molecule has 1 N–H and O–H groups in total. The Morgan fingerprint density at radius 3 is 2.78 bits per heavy atom. The monoisotopic (exact) mass is 377 g/mol. The Kier molecular flexibility index (Phi) is 4.52. The molecule has 1 amide bonds. The number of aromatic nitrogens is 1. The van der Waals surface area contributed by atoms with E-state index < -0.39 is 5.91 Å². The van der Waals surface area contributed by atoms with Crippen LogP contribution in [0.1, 0.15) is 21.8 Å². The summed E-state index contributed by atoms with van der Waals surface area (Å²) >= 11 is 5.95. The quantitative estimate of drug-likeness (QED) is 0.404. The molecular formula is C21H16ClN3O2. The Morgan fingerprint density at radius 2 is 1.96 bits per heavy atom. The molecule has 2 aromatic carbocycles. The molecule has 134 valence electrons. The third-order valence-corrected chi connectivity index (χ3v) is 4.39. The van der Waals surface area contributed by atoms with E-state index in [0.29, 0.717) is 10.6 Å². The van der Waals surface area contributed by atoms with Gasteiger partial charge in [-0.15, -0.1) is 0 Å². The molecule has 0 aliphatic heterocycles. The fourth-order valence-electron chi connectivity index (χ4n) is 2.88. The Bertz CT molecular complexity index is 1140. The van der Waals surface area contributed by atoms with Gasteiger partial charge in [0.25, 0.3) is 0 Å². The molecule has 0 bridgehead atoms. The van der Waals surface area contributed by atoms with Crippen molar-refractivity contribution in [2.75, 3.05) is 0 Å². The number of nitrogens with one attached hydrogen (secondary N) is 1. The second-order valence-electron chi connectivity index (χ2n) is 6.11. The van der Waals surface area contributed by atoms with Crippen molar-refractivity contribution < 1.29 is 9.21 Å². The van der Waals surface area contributed by atoms with Crippen LogP contribution in [0.25, 0.3) is 16.7 Å². The molecule has 4 rings (SSSR count). The number of hydrazone groups is 1. The van der Waals surface area contributed by atoms with Crippen LogP contribution in [0.4, 0.5) is 0 Å². The highest BCUT2D eigenvalue weighted by molar-refractivity contribution is 6.31. The van der Waals surface area contributed by atoms with Crippen LogP contribution in [0.5, 0.6) is 0 Å². The lowest BCUT2D eigenvalue weighted by Crippen LogP contribution is -2.16. The average molecular weight is 378 g/mol. The van der Waals surface area contributed by atoms with Gasteiger partial charge in [-0.1, -0.05) is 29.8 Å². The van der Waals surface area contributed by atoms with Gasteiger partial charge in [-0.05, 0) is 49.4 Å². The van der Waals surface area contributed by atoms with Gasteiger partial charge >= 0.3 is 5.91 Å². The highest BCUT2D eigenvalue weighted by atomic mass is 35.5. The third kappa shape index (κ3) is 3.64. The smallest absolute Gasteiger partial charge is 0.307 e. The fraction of sp³-hybridized carbons (Fsp3) is 0.0476. The van der Waals surface area contributed by atoms with Crippen molar-refractivity contribution in [1.29, 1.82) is 0 Å². The van der Waals surface area contributed by atoms with Crippen molar-refractivity contribution in [3.05, 3.63) is 88.9 Å². The van der Waals surface area contributed by atoms with Gasteiger partial charge in [0.1, 0.15) is 5.58 Å². The standard InChI is InChI=1S/C21H16ClN3O2/c1-14-9-15(13-25(14)18-5-3-2-4-6-18)12-23-24-21(26)20-11-16-10-17(22)7-8-19(16)27-20/h2-13H,1H3,(H,24,26)/b23-12-. The number of furan rings is 1. The molecule has 6 heteroatoms. The Hall–Kier alpha value is -3.31. The van der Waals surface area contributed by atoms with Gasteiger partial charge in [0.15, 0.2) is 5.76 Å². The zero-order valence-corrected chi connectivity index (χ0v) is 15.3. The molecule has 0 aliphatic rings. The predicted molar refractivity (Wildman–Crippen MR) is 107 cm³/mol. The van der Waals surface area contributed by atoms with Crippen LogP contribution in [0.3, 0.4) is 0 Å². The second kappa shape index (κ2) is 7.13. The zero-order chi connectivity index (χ0) is 18.8. The number of hydrogen-bond donors (Lipinski definition) is 1. The van der Waals surface area contributed by atoms with Crippen molar-refractivity contribution >= 4 is 34.7 Å². The van der Waals surface area contributed by atoms with E-state index in [0.717, 1.165) is 22.3 Å². The number of nitrogens with zero attached hydrogens (tertiary/aromatic N) is 2. The average Bonchev–Trinajstić information content (AvgIpc) is 3.25. The number of benzene rings is 2. The van der Waals surface area contributed by atoms with Crippen LogP contribution in [-0.4, -0.2) is 16.7 Å². The topological polar surface area (TPSA) is 59.5 Å². The molecule has 0 saturated carbocycles. The minimum Gasteiger partial charge on any atom is -0.451 e. The number of aryl methyl sites for hydroxylation is 1. The summed E-state index contributed by atoms with van der Waals surface area (Å²) in [5, 5.41) is 5.39. The molecule has 0 atom stereocenters. The van der Waals surface area contributed by atoms with Crippen LogP contribution in [-0.2, 0) is 0 Å². The van der Waals surface area contributed by atoms with Crippen LogP contribution in [0.2, 0.25) is 5.02 Å². The Morgan fingerprint density at radius 1 is 1.15 bits per heavy atom. The first kappa shape index (κ1) is 17.1. The van der Waals surface area contributed by atoms with Gasteiger partial charge in [-0.25, -0.2) is 5.43 Å². The van der Waals surface area contributed by atoms with Gasteiger partial charge in [0, 0.05) is 33.6 Å². The first-order valence-electron chi connectivity index (χ1n) is 8.37. The lowest BCUT2D eigenvalue weighted by Gasteiger charge is -2.04. The number of rotatable bonds is 4. The van der Waals surface area contributed by atoms with Gasteiger partial charge in [-0.2, -0.15) is 5.10 Å². The summed E-state index contributed by atoms with van der Waals surface area (Å²) < 4.78 is 7.58. The summed E-state index contributed by atoms with van der Waals surface area (Å²) in [5.74, 6) is -0.236. The van der Waals surface area contributed by atoms with Crippen molar-refractivity contribution in [3.63, 3.8) is 0 Å². The van der Waals surface area contributed by atoms with E-state index in [-0.39, 0.29) is 5.76 Å². The molecule has 4 aromatic rings. The lowest BCUT2D eigenvalue weighted by molar-refractivity contribution is 0.0929. The maximum absolute atomic E-state index is 12.2. The van der Waals surface area contributed by atoms with Crippen LogP contribution >= 0.6 is 11.6 Å². The summed E-state index contributed by atoms with van der Waals surface area (Å²) in [6, 6.07) is 18.8. The summed E-state index contributed by atoms with van der Waals surface area (Å²) in [6.07, 6.45) is 3.56. The number of carbonyl (C=O) groups excluding carboxylic acids is 1. The van der Waals surface area contributed by atoms with Crippen molar-refractivity contribution in [3.8, 4) is 5.69 Å². The van der Waals surface area contributed by atoms with E-state index in [2.05, 4.69) is 15.1 Å². The SMILES string of the molecule is Cc1cc(/C=N\NC(=O)c2cc3cc(Cl)ccc3o2)cn1-c1ccccc1. The van der Waals surface area contributed by atoms with Crippen molar-refractivity contribution in [2.45, 2.75) is 6.92 Å². The summed E-state index contributed by atoms with van der Waals surface area (Å²) in [6.45, 7) is 2.02. The predicted octanol–water partition coefficient (Wildman–Crippen LogP) is 4.95. The second-order valence-corrected chi connectivity index (χ2v) is 6.55. The molecule has 2 heterocycles. The molecule has 5 nitrogen and oxygen atoms in total. The highest BCUT2D eigenvalue weighted by Gasteiger charge is 2.11. The van der Waals surface area contributed by atoms with Crippen LogP contribution in [0, 0.1) is 6.92 Å². The minimum absolute atomic E-state index is 0.183. The number of fused-ring (bicyclic) bond motifs is 1. The van der Waals surface area contributed by atoms with Crippen LogP contribution < -0.4 is 5.43 Å². The molecule has 2 aromatic heterocycles. The first-order chi connectivity index (χ1) is 13.1. The summed E-state index contributed by atoms with van der Waals surface area (Å²) in [5.41, 5.74) is 6.11. The van der Waals surface area contributed by atoms with Crippen LogP contribution in [0.15, 0.2) is 76.4 Å². The molecule has 0 fully saturated rings. The Balaban J connectivity index is 1.48. The molecule has 0 radical (unpaired) electrons. The number of hydrogen-bond acceptors (Lipinski definition) is 3. The lowest BCUT2D eigenvalue weighted by atomic mass is 10.2. The van der Waals surface area contributed by atoms with E-state index in [4.69, 9.17) is 16.0 Å². The van der Waals surface area contributed by atoms with E-state index in [1.54, 1.807) is 30.5 Å². The van der Waals surface area contributed by atoms with E-state index in [9.17, 15) is 4.79 Å². The minimum atomic E-state index is -0.419. The third-order valence-electron chi connectivity index (χ3n) is 4.15. The summed E-state index contributed by atoms with van der Waals surface area (Å²) in [4.78, 5) is 12.2. The largest absolute Gasteiger partial charge is 0.451 e. The zero-order valence-electron chi connectivity index (χ0n) is 14.5. The first-order valence-corrected chi connectivity index (χ1v) is 8.75. The number of amides is 1. The molecular weight excluding hydrogens is 362 g/mol. The molecule has 0 spiro atoms. The van der Waals surface area contributed by atoms with Crippen molar-refractivity contribution in [2.24, 2.45) is 5.10 Å². The normalized spacial score (nSPS) is 11.3. The van der Waals surface area contributed by atoms with Gasteiger partial charge in [0.2, 0.25) is 0 Å². The molecule has 0 saturated heterocycles. The number of para-hydroxylation sites is 1. The van der Waals surface area contributed by atoms with Crippen molar-refractivity contribution in [1.82, 2.24) is 9.99 Å².